The predicted octanol–water partition coefficient (Wildman–Crippen LogP) is 3.35. The molecule has 1 fully saturated rings. The van der Waals surface area contributed by atoms with Gasteiger partial charge in [0.2, 0.25) is 15.9 Å². The van der Waals surface area contributed by atoms with Gasteiger partial charge in [0.05, 0.1) is 5.75 Å². The lowest BCUT2D eigenvalue weighted by Gasteiger charge is -2.30. The lowest BCUT2D eigenvalue weighted by atomic mass is 9.97. The normalized spacial score (nSPS) is 15.5. The van der Waals surface area contributed by atoms with E-state index in [0.717, 1.165) is 28.2 Å². The van der Waals surface area contributed by atoms with Crippen LogP contribution in [0.25, 0.3) is 5.69 Å². The zero-order chi connectivity index (χ0) is 23.4. The number of nitrogens with one attached hydrogen (secondary N) is 1. The number of rotatable bonds is 7. The van der Waals surface area contributed by atoms with Crippen LogP contribution >= 0.6 is 0 Å². The van der Waals surface area contributed by atoms with Gasteiger partial charge in [0.1, 0.15) is 5.82 Å². The molecule has 1 aromatic heterocycles. The van der Waals surface area contributed by atoms with Crippen molar-refractivity contribution in [1.29, 1.82) is 0 Å². The molecule has 0 spiro atoms. The molecule has 1 aliphatic heterocycles. The summed E-state index contributed by atoms with van der Waals surface area (Å²) in [7, 11) is -3.39. The molecule has 8 heteroatoms. The average molecular weight is 467 g/mol. The molecule has 33 heavy (non-hydrogen) atoms. The van der Waals surface area contributed by atoms with E-state index in [1.165, 1.54) is 4.31 Å². The number of hydrogen-bond donors (Lipinski definition) is 1. The second kappa shape index (κ2) is 9.89. The van der Waals surface area contributed by atoms with Crippen LogP contribution in [0.1, 0.15) is 35.4 Å². The Hall–Kier alpha value is -2.97. The topological polar surface area (TPSA) is 84.3 Å². The fourth-order valence-electron chi connectivity index (χ4n) is 4.21. The molecule has 1 N–H and O–H groups in total. The Kier molecular flexibility index (Phi) is 6.95. The van der Waals surface area contributed by atoms with E-state index in [1.54, 1.807) is 6.20 Å². The number of benzene rings is 2. The van der Waals surface area contributed by atoms with Crippen LogP contribution in [0.3, 0.4) is 0 Å². The number of amides is 1. The minimum Gasteiger partial charge on any atom is -0.352 e. The first-order valence-corrected chi connectivity index (χ1v) is 12.8. The van der Waals surface area contributed by atoms with Crippen LogP contribution < -0.4 is 5.32 Å². The van der Waals surface area contributed by atoms with Gasteiger partial charge in [-0.2, -0.15) is 0 Å². The van der Waals surface area contributed by atoms with Gasteiger partial charge in [-0.15, -0.1) is 0 Å². The molecular weight excluding hydrogens is 436 g/mol. The van der Waals surface area contributed by atoms with Gasteiger partial charge in [0, 0.05) is 43.6 Å². The Morgan fingerprint density at radius 1 is 1.06 bits per heavy atom. The summed E-state index contributed by atoms with van der Waals surface area (Å²) in [4.78, 5) is 16.9. The van der Waals surface area contributed by atoms with Crippen LogP contribution in [0.4, 0.5) is 0 Å². The Balaban J connectivity index is 1.27. The maximum Gasteiger partial charge on any atom is 0.223 e. The summed E-state index contributed by atoms with van der Waals surface area (Å²) in [6.07, 6.45) is 4.76. The van der Waals surface area contributed by atoms with Crippen molar-refractivity contribution in [2.75, 3.05) is 13.1 Å². The van der Waals surface area contributed by atoms with E-state index in [0.29, 0.717) is 32.5 Å². The number of nitrogens with zero attached hydrogens (tertiary/aromatic N) is 3. The highest BCUT2D eigenvalue weighted by Crippen LogP contribution is 2.23. The van der Waals surface area contributed by atoms with Crippen molar-refractivity contribution < 1.29 is 13.2 Å². The second-order valence-corrected chi connectivity index (χ2v) is 10.6. The summed E-state index contributed by atoms with van der Waals surface area (Å²) in [6, 6.07) is 15.6. The molecule has 174 valence electrons. The summed E-state index contributed by atoms with van der Waals surface area (Å²) in [5.41, 5.74) is 3.84. The van der Waals surface area contributed by atoms with Gasteiger partial charge in [-0.3, -0.25) is 4.79 Å². The SMILES string of the molecule is Cc1ccccc1CS(=O)(=O)N1CCC(C(=O)NCc2ccc(-n3ccnc3C)cc2)CC1. The third-order valence-corrected chi connectivity index (χ3v) is 8.15. The van der Waals surface area contributed by atoms with Gasteiger partial charge < -0.3 is 9.88 Å². The van der Waals surface area contributed by atoms with Gasteiger partial charge >= 0.3 is 0 Å². The van der Waals surface area contributed by atoms with E-state index < -0.39 is 10.0 Å². The number of carbonyl (C=O) groups is 1. The van der Waals surface area contributed by atoms with Crippen LogP contribution in [0.15, 0.2) is 60.9 Å². The average Bonchev–Trinajstić information content (AvgIpc) is 3.25. The fourth-order valence-corrected chi connectivity index (χ4v) is 5.88. The standard InChI is InChI=1S/C25H30N4O3S/c1-19-5-3-4-6-23(19)18-33(31,32)28-14-11-22(12-15-28)25(30)27-17-21-7-9-24(10-8-21)29-16-13-26-20(29)2/h3-10,13,16,22H,11-12,14-15,17-18H2,1-2H3,(H,27,30). The molecule has 0 aliphatic carbocycles. The molecule has 0 bridgehead atoms. The molecule has 3 aromatic rings. The molecule has 0 unspecified atom stereocenters. The van der Waals surface area contributed by atoms with E-state index in [9.17, 15) is 13.2 Å². The Morgan fingerprint density at radius 2 is 1.76 bits per heavy atom. The van der Waals surface area contributed by atoms with Gasteiger partial charge in [-0.05, 0) is 55.5 Å². The second-order valence-electron chi connectivity index (χ2n) is 8.58. The Labute approximate surface area is 195 Å². The van der Waals surface area contributed by atoms with Gasteiger partial charge in [0.25, 0.3) is 0 Å². The van der Waals surface area contributed by atoms with E-state index in [-0.39, 0.29) is 17.6 Å². The molecule has 7 nitrogen and oxygen atoms in total. The van der Waals surface area contributed by atoms with Crippen molar-refractivity contribution in [3.05, 3.63) is 83.4 Å². The van der Waals surface area contributed by atoms with Crippen LogP contribution in [0.5, 0.6) is 0 Å². The molecule has 0 saturated carbocycles. The van der Waals surface area contributed by atoms with Crippen molar-refractivity contribution in [2.24, 2.45) is 5.92 Å². The van der Waals surface area contributed by atoms with Crippen LogP contribution in [0.2, 0.25) is 0 Å². The summed E-state index contributed by atoms with van der Waals surface area (Å²) in [5.74, 6) is 0.747. The first kappa shape index (κ1) is 23.2. The van der Waals surface area contributed by atoms with Crippen LogP contribution in [-0.4, -0.2) is 41.3 Å². The zero-order valence-corrected chi connectivity index (χ0v) is 19.9. The van der Waals surface area contributed by atoms with Crippen molar-refractivity contribution in [3.8, 4) is 5.69 Å². The van der Waals surface area contributed by atoms with E-state index in [4.69, 9.17) is 0 Å². The molecule has 2 heterocycles. The first-order valence-electron chi connectivity index (χ1n) is 11.2. The van der Waals surface area contributed by atoms with Crippen LogP contribution in [-0.2, 0) is 27.1 Å². The number of hydrogen-bond acceptors (Lipinski definition) is 4. The third kappa shape index (κ3) is 5.51. The Bertz CT molecular complexity index is 1210. The lowest BCUT2D eigenvalue weighted by molar-refractivity contribution is -0.126. The van der Waals surface area contributed by atoms with E-state index in [1.807, 2.05) is 73.1 Å². The van der Waals surface area contributed by atoms with Crippen LogP contribution in [0, 0.1) is 19.8 Å². The number of imidazole rings is 1. The maximum absolute atomic E-state index is 12.8. The molecule has 0 atom stereocenters. The third-order valence-electron chi connectivity index (χ3n) is 6.32. The molecule has 0 radical (unpaired) electrons. The lowest BCUT2D eigenvalue weighted by Crippen LogP contribution is -2.43. The largest absolute Gasteiger partial charge is 0.352 e. The smallest absolute Gasteiger partial charge is 0.223 e. The first-order chi connectivity index (χ1) is 15.8. The van der Waals surface area contributed by atoms with Gasteiger partial charge in [0.15, 0.2) is 0 Å². The summed E-state index contributed by atoms with van der Waals surface area (Å²) < 4.78 is 29.2. The number of carbonyl (C=O) groups excluding carboxylic acids is 1. The quantitative estimate of drug-likeness (QED) is 0.579. The highest BCUT2D eigenvalue weighted by atomic mass is 32.2. The van der Waals surface area contributed by atoms with Crippen molar-refractivity contribution in [1.82, 2.24) is 19.2 Å². The molecule has 1 saturated heterocycles. The fraction of sp³-hybridized carbons (Fsp3) is 0.360. The molecule has 4 rings (SSSR count). The number of sulfonamides is 1. The van der Waals surface area contributed by atoms with Crippen molar-refractivity contribution >= 4 is 15.9 Å². The summed E-state index contributed by atoms with van der Waals surface area (Å²) in [5, 5.41) is 3.01. The summed E-state index contributed by atoms with van der Waals surface area (Å²) in [6.45, 7) is 5.09. The number of aryl methyl sites for hydroxylation is 2. The van der Waals surface area contributed by atoms with Gasteiger partial charge in [-0.1, -0.05) is 36.4 Å². The molecular formula is C25H30N4O3S. The zero-order valence-electron chi connectivity index (χ0n) is 19.1. The number of piperidine rings is 1. The van der Waals surface area contributed by atoms with Gasteiger partial charge in [-0.25, -0.2) is 17.7 Å². The van der Waals surface area contributed by atoms with Crippen molar-refractivity contribution in [3.63, 3.8) is 0 Å². The summed E-state index contributed by atoms with van der Waals surface area (Å²) >= 11 is 0. The molecule has 2 aromatic carbocycles. The maximum atomic E-state index is 12.8. The Morgan fingerprint density at radius 3 is 2.39 bits per heavy atom. The highest BCUT2D eigenvalue weighted by Gasteiger charge is 2.31. The van der Waals surface area contributed by atoms with E-state index >= 15 is 0 Å². The molecule has 1 amide bonds. The number of aromatic nitrogens is 2. The highest BCUT2D eigenvalue weighted by molar-refractivity contribution is 7.88. The minimum absolute atomic E-state index is 0.00509. The minimum atomic E-state index is -3.39. The van der Waals surface area contributed by atoms with E-state index in [2.05, 4.69) is 10.3 Å². The monoisotopic (exact) mass is 466 g/mol. The molecule has 1 aliphatic rings. The predicted molar refractivity (Wildman–Crippen MR) is 128 cm³/mol. The van der Waals surface area contributed by atoms with Crippen molar-refractivity contribution in [2.45, 2.75) is 39.0 Å².